The summed E-state index contributed by atoms with van der Waals surface area (Å²) >= 11 is 0. The lowest BCUT2D eigenvalue weighted by molar-refractivity contribution is 0.170. The number of nitrogens with one attached hydrogen (secondary N) is 2. The molecule has 2 aromatic rings. The largest absolute Gasteiger partial charge is 0.460 e. The van der Waals surface area contributed by atoms with Gasteiger partial charge >= 0.3 is 0 Å². The van der Waals surface area contributed by atoms with E-state index in [1.807, 2.05) is 19.1 Å². The van der Waals surface area contributed by atoms with Gasteiger partial charge in [-0.1, -0.05) is 0 Å². The predicted octanol–water partition coefficient (Wildman–Crippen LogP) is 2.23. The second-order valence-electron chi connectivity index (χ2n) is 5.05. The summed E-state index contributed by atoms with van der Waals surface area (Å²) in [5.41, 5.74) is 1.97. The summed E-state index contributed by atoms with van der Waals surface area (Å²) in [6, 6.07) is 4.12. The molecule has 0 fully saturated rings. The summed E-state index contributed by atoms with van der Waals surface area (Å²) in [5.74, 6) is 1.68. The second-order valence-corrected chi connectivity index (χ2v) is 5.05. The number of aliphatic hydroxyl groups excluding tert-OH is 1. The highest BCUT2D eigenvalue weighted by atomic mass is 16.3. The lowest BCUT2D eigenvalue weighted by Crippen LogP contribution is -2.28. The Kier molecular flexibility index (Phi) is 4.39. The Morgan fingerprint density at radius 2 is 2.21 bits per heavy atom. The highest BCUT2D eigenvalue weighted by Gasteiger charge is 2.12. The molecule has 0 amide bonds. The third-order valence-corrected chi connectivity index (χ3v) is 3.04. The van der Waals surface area contributed by atoms with Crippen LogP contribution in [0.4, 0.5) is 0 Å². The number of furan rings is 1. The number of hydrogen-bond acceptors (Lipinski definition) is 4. The second kappa shape index (κ2) is 6.04. The zero-order valence-corrected chi connectivity index (χ0v) is 11.6. The summed E-state index contributed by atoms with van der Waals surface area (Å²) in [7, 11) is 0. The first-order valence-electron chi connectivity index (χ1n) is 6.56. The molecule has 2 aromatic heterocycles. The molecule has 0 saturated heterocycles. The molecule has 0 aliphatic heterocycles. The lowest BCUT2D eigenvalue weighted by Gasteiger charge is -2.15. The predicted molar refractivity (Wildman–Crippen MR) is 73.6 cm³/mol. The average molecular weight is 263 g/mol. The van der Waals surface area contributed by atoms with Crippen molar-refractivity contribution in [2.75, 3.05) is 0 Å². The van der Waals surface area contributed by atoms with Crippen molar-refractivity contribution in [3.05, 3.63) is 29.7 Å². The van der Waals surface area contributed by atoms with E-state index in [1.54, 1.807) is 13.1 Å². The molecular formula is C14H21N3O2. The van der Waals surface area contributed by atoms with Crippen molar-refractivity contribution in [1.29, 1.82) is 0 Å². The van der Waals surface area contributed by atoms with Crippen molar-refractivity contribution in [1.82, 2.24) is 15.5 Å². The van der Waals surface area contributed by atoms with Gasteiger partial charge in [0.1, 0.15) is 11.5 Å². The van der Waals surface area contributed by atoms with E-state index in [1.165, 1.54) is 0 Å². The van der Waals surface area contributed by atoms with Crippen LogP contribution in [0.5, 0.6) is 0 Å². The van der Waals surface area contributed by atoms with Gasteiger partial charge in [0.05, 0.1) is 12.3 Å². The molecule has 0 aliphatic carbocycles. The van der Waals surface area contributed by atoms with Crippen LogP contribution >= 0.6 is 0 Å². The van der Waals surface area contributed by atoms with E-state index in [0.717, 1.165) is 29.2 Å². The van der Waals surface area contributed by atoms with Crippen LogP contribution in [-0.4, -0.2) is 27.4 Å². The fraction of sp³-hybridized carbons (Fsp3) is 0.500. The summed E-state index contributed by atoms with van der Waals surface area (Å²) in [6.45, 7) is 6.47. The molecule has 3 N–H and O–H groups in total. The van der Waals surface area contributed by atoms with E-state index in [4.69, 9.17) is 4.42 Å². The topological polar surface area (TPSA) is 74.1 Å². The Balaban J connectivity index is 2.00. The monoisotopic (exact) mass is 263 g/mol. The first-order valence-corrected chi connectivity index (χ1v) is 6.56. The first-order chi connectivity index (χ1) is 9.06. The molecule has 5 nitrogen and oxygen atoms in total. The van der Waals surface area contributed by atoms with Crippen molar-refractivity contribution < 1.29 is 9.52 Å². The zero-order chi connectivity index (χ0) is 13.8. The Hall–Kier alpha value is -1.59. The van der Waals surface area contributed by atoms with Crippen LogP contribution in [0.3, 0.4) is 0 Å². The van der Waals surface area contributed by atoms with Gasteiger partial charge in [-0.15, -0.1) is 0 Å². The summed E-state index contributed by atoms with van der Waals surface area (Å²) in [4.78, 5) is 0. The molecule has 0 saturated carbocycles. The minimum atomic E-state index is -0.293. The van der Waals surface area contributed by atoms with Crippen LogP contribution in [0.2, 0.25) is 0 Å². The van der Waals surface area contributed by atoms with Crippen molar-refractivity contribution >= 4 is 0 Å². The molecule has 2 heterocycles. The quantitative estimate of drug-likeness (QED) is 0.747. The number of aliphatic hydroxyl groups is 1. The third-order valence-electron chi connectivity index (χ3n) is 3.04. The Bertz CT molecular complexity index is 516. The van der Waals surface area contributed by atoms with Gasteiger partial charge in [0.25, 0.3) is 0 Å². The average Bonchev–Trinajstić information content (AvgIpc) is 2.93. The highest BCUT2D eigenvalue weighted by Crippen LogP contribution is 2.23. The molecule has 0 radical (unpaired) electrons. The van der Waals surface area contributed by atoms with Crippen molar-refractivity contribution in [2.24, 2.45) is 0 Å². The smallest absolute Gasteiger partial charge is 0.152 e. The van der Waals surface area contributed by atoms with E-state index in [-0.39, 0.29) is 12.1 Å². The molecule has 5 heteroatoms. The van der Waals surface area contributed by atoms with Crippen LogP contribution in [0.1, 0.15) is 31.6 Å². The standard InChI is InChI=1S/C14H21N3O2/c1-9(6-10(2)18)15-7-12-8-16-17-14(12)13-5-4-11(3)19-13/h4-5,8-10,15,18H,6-7H2,1-3H3,(H,16,17). The van der Waals surface area contributed by atoms with Gasteiger partial charge in [0, 0.05) is 18.2 Å². The van der Waals surface area contributed by atoms with Gasteiger partial charge in [-0.3, -0.25) is 5.10 Å². The number of hydrogen-bond donors (Lipinski definition) is 3. The fourth-order valence-corrected chi connectivity index (χ4v) is 2.11. The number of aromatic nitrogens is 2. The minimum absolute atomic E-state index is 0.251. The molecule has 19 heavy (non-hydrogen) atoms. The summed E-state index contributed by atoms with van der Waals surface area (Å²) in [5, 5.41) is 19.8. The van der Waals surface area contributed by atoms with Gasteiger partial charge in [-0.05, 0) is 39.3 Å². The fourth-order valence-electron chi connectivity index (χ4n) is 2.11. The lowest BCUT2D eigenvalue weighted by atomic mass is 10.1. The van der Waals surface area contributed by atoms with E-state index >= 15 is 0 Å². The number of nitrogens with zero attached hydrogens (tertiary/aromatic N) is 1. The first kappa shape index (κ1) is 13.8. The van der Waals surface area contributed by atoms with Crippen molar-refractivity contribution in [3.63, 3.8) is 0 Å². The molecular weight excluding hydrogens is 242 g/mol. The normalized spacial score (nSPS) is 14.5. The van der Waals surface area contributed by atoms with Gasteiger partial charge in [-0.25, -0.2) is 0 Å². The Morgan fingerprint density at radius 1 is 1.42 bits per heavy atom. The van der Waals surface area contributed by atoms with Gasteiger partial charge in [-0.2, -0.15) is 5.10 Å². The van der Waals surface area contributed by atoms with Crippen LogP contribution in [0, 0.1) is 6.92 Å². The Labute approximate surface area is 113 Å². The maximum Gasteiger partial charge on any atom is 0.152 e. The number of aromatic amines is 1. The van der Waals surface area contributed by atoms with Crippen molar-refractivity contribution in [3.8, 4) is 11.5 Å². The van der Waals surface area contributed by atoms with Crippen LogP contribution in [0.25, 0.3) is 11.5 Å². The molecule has 0 aliphatic rings. The molecule has 2 atom stereocenters. The van der Waals surface area contributed by atoms with Crippen LogP contribution < -0.4 is 5.32 Å². The molecule has 2 rings (SSSR count). The molecule has 0 aromatic carbocycles. The molecule has 0 spiro atoms. The van der Waals surface area contributed by atoms with E-state index in [0.29, 0.717) is 6.54 Å². The third kappa shape index (κ3) is 3.68. The van der Waals surface area contributed by atoms with E-state index < -0.39 is 0 Å². The number of H-pyrrole nitrogens is 1. The number of rotatable bonds is 6. The summed E-state index contributed by atoms with van der Waals surface area (Å²) in [6.07, 6.45) is 2.24. The Morgan fingerprint density at radius 3 is 2.84 bits per heavy atom. The van der Waals surface area contributed by atoms with E-state index in [9.17, 15) is 5.11 Å². The van der Waals surface area contributed by atoms with Gasteiger partial charge in [0.15, 0.2) is 5.76 Å². The van der Waals surface area contributed by atoms with Gasteiger partial charge < -0.3 is 14.8 Å². The van der Waals surface area contributed by atoms with Crippen LogP contribution in [-0.2, 0) is 6.54 Å². The molecule has 2 unspecified atom stereocenters. The zero-order valence-electron chi connectivity index (χ0n) is 11.6. The van der Waals surface area contributed by atoms with E-state index in [2.05, 4.69) is 22.4 Å². The highest BCUT2D eigenvalue weighted by molar-refractivity contribution is 5.56. The van der Waals surface area contributed by atoms with Gasteiger partial charge in [0.2, 0.25) is 0 Å². The maximum absolute atomic E-state index is 9.34. The maximum atomic E-state index is 9.34. The minimum Gasteiger partial charge on any atom is -0.460 e. The molecule has 104 valence electrons. The SMILES string of the molecule is Cc1ccc(-c2[nH]ncc2CNC(C)CC(C)O)o1. The summed E-state index contributed by atoms with van der Waals surface area (Å²) < 4.78 is 5.60. The van der Waals surface area contributed by atoms with Crippen molar-refractivity contribution in [2.45, 2.75) is 45.9 Å². The number of aryl methyl sites for hydroxylation is 1. The molecule has 0 bridgehead atoms. The van der Waals surface area contributed by atoms with Crippen LogP contribution in [0.15, 0.2) is 22.7 Å².